The summed E-state index contributed by atoms with van der Waals surface area (Å²) in [6.07, 6.45) is -0.461. The Hall–Kier alpha value is -1.27. The van der Waals surface area contributed by atoms with Crippen molar-refractivity contribution in [1.82, 2.24) is 0 Å². The smallest absolute Gasteiger partial charge is 0.314 e. The van der Waals surface area contributed by atoms with Crippen molar-refractivity contribution in [2.75, 3.05) is 7.11 Å². The zero-order valence-electron chi connectivity index (χ0n) is 13.6. The second kappa shape index (κ2) is 6.46. The Morgan fingerprint density at radius 1 is 1.23 bits per heavy atom. The van der Waals surface area contributed by atoms with E-state index >= 15 is 0 Å². The first-order valence-electron chi connectivity index (χ1n) is 6.72. The maximum atomic E-state index is 11.8. The van der Waals surface area contributed by atoms with Gasteiger partial charge in [-0.3, -0.25) is 4.79 Å². The second-order valence-corrected chi connectivity index (χ2v) is 8.30. The minimum atomic E-state index is -3.81. The molecule has 0 saturated carbocycles. The van der Waals surface area contributed by atoms with Crippen LogP contribution in [0.4, 0.5) is 0 Å². The number of rotatable bonds is 5. The van der Waals surface area contributed by atoms with E-state index in [9.17, 15) is 13.2 Å². The van der Waals surface area contributed by atoms with Crippen LogP contribution in [0.5, 0.6) is 5.75 Å². The minimum Gasteiger partial charge on any atom is -0.490 e. The number of aryl methyl sites for hydroxylation is 2. The molecule has 1 unspecified atom stereocenters. The van der Waals surface area contributed by atoms with Crippen LogP contribution in [0.1, 0.15) is 31.9 Å². The maximum Gasteiger partial charge on any atom is 0.314 e. The van der Waals surface area contributed by atoms with E-state index in [1.807, 2.05) is 0 Å². The molecule has 22 heavy (non-hydrogen) atoms. The van der Waals surface area contributed by atoms with Crippen molar-refractivity contribution >= 4 is 25.7 Å². The molecule has 0 aliphatic carbocycles. The van der Waals surface area contributed by atoms with Crippen LogP contribution >= 0.6 is 10.7 Å². The molecule has 0 radical (unpaired) electrons. The standard InChI is InChI=1S/C15H21ClO5S/c1-9-7-12(8-10(2)13(9)22(16,18)19)21-11(3)15(4,5)14(17)20-6/h7-8,11H,1-6H3. The summed E-state index contributed by atoms with van der Waals surface area (Å²) in [6.45, 7) is 8.49. The highest BCUT2D eigenvalue weighted by Crippen LogP contribution is 2.31. The molecule has 124 valence electrons. The third-order valence-electron chi connectivity index (χ3n) is 3.72. The predicted molar refractivity (Wildman–Crippen MR) is 84.8 cm³/mol. The van der Waals surface area contributed by atoms with Crippen molar-refractivity contribution in [3.63, 3.8) is 0 Å². The summed E-state index contributed by atoms with van der Waals surface area (Å²) in [7, 11) is 2.94. The molecule has 0 saturated heterocycles. The minimum absolute atomic E-state index is 0.0846. The lowest BCUT2D eigenvalue weighted by atomic mass is 9.87. The number of carbonyl (C=O) groups excluding carboxylic acids is 1. The molecule has 0 heterocycles. The van der Waals surface area contributed by atoms with E-state index < -0.39 is 20.6 Å². The first kappa shape index (κ1) is 18.8. The molecule has 0 N–H and O–H groups in total. The number of hydrogen-bond acceptors (Lipinski definition) is 5. The molecular weight excluding hydrogens is 328 g/mol. The van der Waals surface area contributed by atoms with E-state index in [1.54, 1.807) is 46.8 Å². The molecule has 1 aromatic rings. The quantitative estimate of drug-likeness (QED) is 0.603. The van der Waals surface area contributed by atoms with E-state index in [-0.39, 0.29) is 10.9 Å². The summed E-state index contributed by atoms with van der Waals surface area (Å²) < 4.78 is 33.7. The Morgan fingerprint density at radius 2 is 1.68 bits per heavy atom. The summed E-state index contributed by atoms with van der Waals surface area (Å²) >= 11 is 0. The third-order valence-corrected chi connectivity index (χ3v) is 5.31. The van der Waals surface area contributed by atoms with Crippen LogP contribution in [0.3, 0.4) is 0 Å². The number of ether oxygens (including phenoxy) is 2. The Morgan fingerprint density at radius 3 is 2.05 bits per heavy atom. The average Bonchev–Trinajstić information content (AvgIpc) is 2.34. The predicted octanol–water partition coefficient (Wildman–Crippen LogP) is 3.20. The fourth-order valence-corrected chi connectivity index (χ4v) is 3.76. The van der Waals surface area contributed by atoms with E-state index in [1.165, 1.54) is 7.11 Å². The number of halogens is 1. The van der Waals surface area contributed by atoms with Crippen LogP contribution in [-0.4, -0.2) is 27.6 Å². The van der Waals surface area contributed by atoms with Gasteiger partial charge in [-0.25, -0.2) is 8.42 Å². The van der Waals surface area contributed by atoms with Gasteiger partial charge in [0.25, 0.3) is 9.05 Å². The third kappa shape index (κ3) is 3.93. The molecule has 0 aliphatic heterocycles. The highest BCUT2D eigenvalue weighted by Gasteiger charge is 2.37. The van der Waals surface area contributed by atoms with Gasteiger partial charge in [-0.05, 0) is 57.9 Å². The van der Waals surface area contributed by atoms with Gasteiger partial charge in [0, 0.05) is 10.7 Å². The molecule has 0 aromatic heterocycles. The van der Waals surface area contributed by atoms with E-state index in [0.717, 1.165) is 0 Å². The monoisotopic (exact) mass is 348 g/mol. The fraction of sp³-hybridized carbons (Fsp3) is 0.533. The van der Waals surface area contributed by atoms with Gasteiger partial charge < -0.3 is 9.47 Å². The summed E-state index contributed by atoms with van der Waals surface area (Å²) in [6, 6.07) is 3.18. The van der Waals surface area contributed by atoms with Gasteiger partial charge in [-0.15, -0.1) is 0 Å². The molecule has 1 rings (SSSR count). The van der Waals surface area contributed by atoms with E-state index in [0.29, 0.717) is 16.9 Å². The highest BCUT2D eigenvalue weighted by atomic mass is 35.7. The van der Waals surface area contributed by atoms with Gasteiger partial charge in [0.2, 0.25) is 0 Å². The van der Waals surface area contributed by atoms with E-state index in [4.69, 9.17) is 20.2 Å². The van der Waals surface area contributed by atoms with Crippen molar-refractivity contribution in [3.8, 4) is 5.75 Å². The Kier molecular flexibility index (Phi) is 5.51. The fourth-order valence-electron chi connectivity index (χ4n) is 2.14. The topological polar surface area (TPSA) is 69.7 Å². The molecule has 1 aromatic carbocycles. The van der Waals surface area contributed by atoms with Gasteiger partial charge >= 0.3 is 5.97 Å². The van der Waals surface area contributed by atoms with Crippen LogP contribution in [0, 0.1) is 19.3 Å². The van der Waals surface area contributed by atoms with E-state index in [2.05, 4.69) is 0 Å². The second-order valence-electron chi connectivity index (χ2n) is 5.80. The molecule has 0 aliphatic rings. The first-order chi connectivity index (χ1) is 9.91. The zero-order valence-corrected chi connectivity index (χ0v) is 15.1. The van der Waals surface area contributed by atoms with Gasteiger partial charge in [-0.1, -0.05) is 0 Å². The van der Waals surface area contributed by atoms with Crippen LogP contribution < -0.4 is 4.74 Å². The summed E-state index contributed by atoms with van der Waals surface area (Å²) in [5, 5.41) is 0. The molecule has 7 heteroatoms. The SMILES string of the molecule is COC(=O)C(C)(C)C(C)Oc1cc(C)c(S(=O)(=O)Cl)c(C)c1. The first-order valence-corrected chi connectivity index (χ1v) is 9.03. The van der Waals surface area contributed by atoms with Gasteiger partial charge in [0.15, 0.2) is 0 Å². The Balaban J connectivity index is 3.14. The van der Waals surface area contributed by atoms with Crippen molar-refractivity contribution < 1.29 is 22.7 Å². The van der Waals surface area contributed by atoms with Crippen molar-refractivity contribution in [1.29, 1.82) is 0 Å². The highest BCUT2D eigenvalue weighted by molar-refractivity contribution is 8.13. The molecule has 0 spiro atoms. The van der Waals surface area contributed by atoms with Gasteiger partial charge in [0.1, 0.15) is 11.9 Å². The largest absolute Gasteiger partial charge is 0.490 e. The van der Waals surface area contributed by atoms with Crippen molar-refractivity contribution in [2.45, 2.75) is 45.6 Å². The lowest BCUT2D eigenvalue weighted by Crippen LogP contribution is -2.39. The number of esters is 1. The summed E-state index contributed by atoms with van der Waals surface area (Å²) in [4.78, 5) is 11.9. The maximum absolute atomic E-state index is 11.8. The van der Waals surface area contributed by atoms with Crippen LogP contribution in [-0.2, 0) is 18.6 Å². The molecule has 0 bridgehead atoms. The molecule has 0 amide bonds. The average molecular weight is 349 g/mol. The number of benzene rings is 1. The van der Waals surface area contributed by atoms with Crippen molar-refractivity contribution in [2.24, 2.45) is 5.41 Å². The Bertz CT molecular complexity index is 656. The van der Waals surface area contributed by atoms with Crippen LogP contribution in [0.15, 0.2) is 17.0 Å². The number of carbonyl (C=O) groups is 1. The zero-order chi connectivity index (χ0) is 17.3. The molecule has 5 nitrogen and oxygen atoms in total. The summed E-state index contributed by atoms with van der Waals surface area (Å²) in [5.74, 6) is 0.0944. The van der Waals surface area contributed by atoms with Gasteiger partial charge in [-0.2, -0.15) is 0 Å². The normalized spacial score (nSPS) is 13.6. The Labute approximate surface area is 136 Å². The van der Waals surface area contributed by atoms with Crippen LogP contribution in [0.25, 0.3) is 0 Å². The van der Waals surface area contributed by atoms with Crippen LogP contribution in [0.2, 0.25) is 0 Å². The lowest BCUT2D eigenvalue weighted by molar-refractivity contribution is -0.155. The molecule has 1 atom stereocenters. The molecule has 0 fully saturated rings. The van der Waals surface area contributed by atoms with Gasteiger partial charge in [0.05, 0.1) is 17.4 Å². The number of hydrogen-bond donors (Lipinski definition) is 0. The number of methoxy groups -OCH3 is 1. The molecular formula is C15H21ClO5S. The lowest BCUT2D eigenvalue weighted by Gasteiger charge is -2.29. The van der Waals surface area contributed by atoms with Crippen molar-refractivity contribution in [3.05, 3.63) is 23.3 Å². The summed E-state index contributed by atoms with van der Waals surface area (Å²) in [5.41, 5.74) is 0.148.